The first-order valence-corrected chi connectivity index (χ1v) is 10.1. The van der Waals surface area contributed by atoms with Crippen molar-refractivity contribution in [3.63, 3.8) is 0 Å². The molecule has 1 amide bonds. The Hall–Kier alpha value is -2.96. The molecule has 1 fully saturated rings. The minimum atomic E-state index is -0.767. The van der Waals surface area contributed by atoms with Gasteiger partial charge in [-0.1, -0.05) is 41.9 Å². The summed E-state index contributed by atoms with van der Waals surface area (Å²) in [5.74, 6) is -1.68. The summed E-state index contributed by atoms with van der Waals surface area (Å²) in [6, 6.07) is 14.9. The Labute approximate surface area is 176 Å². The van der Waals surface area contributed by atoms with E-state index in [9.17, 15) is 14.7 Å². The highest BCUT2D eigenvalue weighted by molar-refractivity contribution is 7.16. The van der Waals surface area contributed by atoms with Gasteiger partial charge < -0.3 is 5.11 Å². The smallest absolute Gasteiger partial charge is 0.301 e. The van der Waals surface area contributed by atoms with E-state index in [1.54, 1.807) is 24.3 Å². The Morgan fingerprint density at radius 1 is 1.07 bits per heavy atom. The van der Waals surface area contributed by atoms with Crippen LogP contribution in [0.4, 0.5) is 5.13 Å². The SMILES string of the molecule is Cc1nc(N2C(=O)C(=O)C(=C(O)c3ccc(Cl)cc3)[C@H]2c2ccccc2)sc1C. The van der Waals surface area contributed by atoms with Gasteiger partial charge in [0, 0.05) is 15.5 Å². The van der Waals surface area contributed by atoms with Gasteiger partial charge in [-0.3, -0.25) is 14.5 Å². The summed E-state index contributed by atoms with van der Waals surface area (Å²) in [7, 11) is 0. The monoisotopic (exact) mass is 424 g/mol. The number of aliphatic hydroxyl groups is 1. The number of halogens is 1. The predicted molar refractivity (Wildman–Crippen MR) is 114 cm³/mol. The quantitative estimate of drug-likeness (QED) is 0.363. The van der Waals surface area contributed by atoms with Crippen LogP contribution in [0.25, 0.3) is 5.76 Å². The van der Waals surface area contributed by atoms with Crippen molar-refractivity contribution >= 4 is 45.5 Å². The molecule has 2 aromatic carbocycles. The first-order chi connectivity index (χ1) is 13.9. The maximum Gasteiger partial charge on any atom is 0.301 e. The molecule has 1 N–H and O–H groups in total. The average molecular weight is 425 g/mol. The van der Waals surface area contributed by atoms with Crippen LogP contribution in [0.3, 0.4) is 0 Å². The minimum absolute atomic E-state index is 0.0361. The van der Waals surface area contributed by atoms with Gasteiger partial charge in [-0.25, -0.2) is 4.98 Å². The summed E-state index contributed by atoms with van der Waals surface area (Å²) >= 11 is 7.29. The van der Waals surface area contributed by atoms with Crippen molar-refractivity contribution in [2.75, 3.05) is 4.90 Å². The molecule has 29 heavy (non-hydrogen) atoms. The number of carbonyl (C=O) groups is 2. The molecule has 0 aliphatic carbocycles. The molecule has 1 aliphatic heterocycles. The molecule has 0 spiro atoms. The maximum atomic E-state index is 13.0. The number of hydrogen-bond donors (Lipinski definition) is 1. The molecule has 1 aliphatic rings. The van der Waals surface area contributed by atoms with Crippen molar-refractivity contribution in [3.05, 3.63) is 86.9 Å². The molecule has 146 valence electrons. The summed E-state index contributed by atoms with van der Waals surface area (Å²) in [4.78, 5) is 32.8. The summed E-state index contributed by atoms with van der Waals surface area (Å²) in [5.41, 5.74) is 1.97. The highest BCUT2D eigenvalue weighted by Crippen LogP contribution is 2.43. The number of aryl methyl sites for hydroxylation is 2. The van der Waals surface area contributed by atoms with Crippen LogP contribution in [-0.2, 0) is 9.59 Å². The normalized spacial score (nSPS) is 18.4. The van der Waals surface area contributed by atoms with Crippen molar-refractivity contribution in [1.82, 2.24) is 4.98 Å². The van der Waals surface area contributed by atoms with Crippen LogP contribution in [0.2, 0.25) is 5.02 Å². The van der Waals surface area contributed by atoms with E-state index in [1.807, 2.05) is 44.2 Å². The van der Waals surface area contributed by atoms with E-state index < -0.39 is 17.7 Å². The third-order valence-corrected chi connectivity index (χ3v) is 6.22. The van der Waals surface area contributed by atoms with Crippen LogP contribution in [0, 0.1) is 13.8 Å². The lowest BCUT2D eigenvalue weighted by atomic mass is 9.95. The zero-order chi connectivity index (χ0) is 20.7. The topological polar surface area (TPSA) is 70.5 Å². The van der Waals surface area contributed by atoms with Crippen LogP contribution in [0.1, 0.15) is 27.7 Å². The molecular weight excluding hydrogens is 408 g/mol. The molecule has 4 rings (SSSR count). The van der Waals surface area contributed by atoms with Crippen LogP contribution < -0.4 is 4.90 Å². The minimum Gasteiger partial charge on any atom is -0.507 e. The summed E-state index contributed by atoms with van der Waals surface area (Å²) in [6.45, 7) is 3.77. The Kier molecular flexibility index (Phi) is 4.98. The fourth-order valence-electron chi connectivity index (χ4n) is 3.30. The lowest BCUT2D eigenvalue weighted by Gasteiger charge is -2.23. The first-order valence-electron chi connectivity index (χ1n) is 8.94. The lowest BCUT2D eigenvalue weighted by molar-refractivity contribution is -0.132. The molecule has 0 radical (unpaired) electrons. The van der Waals surface area contributed by atoms with Gasteiger partial charge in [0.25, 0.3) is 5.78 Å². The molecule has 0 bridgehead atoms. The van der Waals surface area contributed by atoms with E-state index in [4.69, 9.17) is 11.6 Å². The second-order valence-electron chi connectivity index (χ2n) is 6.72. The summed E-state index contributed by atoms with van der Waals surface area (Å²) < 4.78 is 0. The van der Waals surface area contributed by atoms with Gasteiger partial charge >= 0.3 is 5.91 Å². The maximum absolute atomic E-state index is 13.0. The van der Waals surface area contributed by atoms with Gasteiger partial charge in [0.1, 0.15) is 5.76 Å². The number of hydrogen-bond acceptors (Lipinski definition) is 5. The van der Waals surface area contributed by atoms with Gasteiger partial charge in [0.2, 0.25) is 0 Å². The molecule has 1 atom stereocenters. The number of thiazole rings is 1. The zero-order valence-corrected chi connectivity index (χ0v) is 17.3. The van der Waals surface area contributed by atoms with E-state index in [1.165, 1.54) is 16.2 Å². The molecule has 1 aromatic heterocycles. The number of rotatable bonds is 3. The molecular formula is C22H17ClN2O3S. The fourth-order valence-corrected chi connectivity index (χ4v) is 4.37. The number of anilines is 1. The fraction of sp³-hybridized carbons (Fsp3) is 0.136. The Balaban J connectivity index is 1.94. The highest BCUT2D eigenvalue weighted by atomic mass is 35.5. The van der Waals surface area contributed by atoms with E-state index in [0.29, 0.717) is 21.3 Å². The molecule has 7 heteroatoms. The highest BCUT2D eigenvalue weighted by Gasteiger charge is 2.48. The van der Waals surface area contributed by atoms with Gasteiger partial charge in [-0.15, -0.1) is 11.3 Å². The van der Waals surface area contributed by atoms with E-state index >= 15 is 0 Å². The second-order valence-corrected chi connectivity index (χ2v) is 8.34. The Morgan fingerprint density at radius 3 is 2.31 bits per heavy atom. The van der Waals surface area contributed by atoms with Gasteiger partial charge in [-0.05, 0) is 43.7 Å². The van der Waals surface area contributed by atoms with Gasteiger partial charge in [0.15, 0.2) is 5.13 Å². The van der Waals surface area contributed by atoms with E-state index in [-0.39, 0.29) is 11.3 Å². The Bertz CT molecular complexity index is 1120. The predicted octanol–water partition coefficient (Wildman–Crippen LogP) is 5.04. The zero-order valence-electron chi connectivity index (χ0n) is 15.7. The summed E-state index contributed by atoms with van der Waals surface area (Å²) in [5, 5.41) is 11.9. The first kappa shape index (κ1) is 19.4. The van der Waals surface area contributed by atoms with Crippen LogP contribution >= 0.6 is 22.9 Å². The number of aromatic nitrogens is 1. The molecule has 2 heterocycles. The molecule has 1 saturated heterocycles. The van der Waals surface area contributed by atoms with E-state index in [0.717, 1.165) is 10.6 Å². The molecule has 0 saturated carbocycles. The standard InChI is InChI=1S/C22H17ClN2O3S/c1-12-13(2)29-22(24-12)25-18(14-6-4-3-5-7-14)17(20(27)21(25)28)19(26)15-8-10-16(23)11-9-15/h3-11,18,26H,1-2H3/t18-/m1/s1. The third-order valence-electron chi connectivity index (χ3n) is 4.90. The molecule has 3 aromatic rings. The summed E-state index contributed by atoms with van der Waals surface area (Å²) in [6.07, 6.45) is 0. The number of Topliss-reactive ketones (excluding diaryl/α,β-unsaturated/α-hetero) is 1. The number of carbonyl (C=O) groups excluding carboxylic acids is 2. The van der Waals surface area contributed by atoms with Gasteiger partial charge in [-0.2, -0.15) is 0 Å². The number of aliphatic hydroxyl groups excluding tert-OH is 1. The van der Waals surface area contributed by atoms with Crippen LogP contribution in [0.5, 0.6) is 0 Å². The van der Waals surface area contributed by atoms with E-state index in [2.05, 4.69) is 4.98 Å². The Morgan fingerprint density at radius 2 is 1.72 bits per heavy atom. The largest absolute Gasteiger partial charge is 0.507 e. The number of nitrogens with zero attached hydrogens (tertiary/aromatic N) is 2. The van der Waals surface area contributed by atoms with Crippen molar-refractivity contribution in [3.8, 4) is 0 Å². The number of ketones is 1. The lowest BCUT2D eigenvalue weighted by Crippen LogP contribution is -2.29. The second kappa shape index (κ2) is 7.46. The molecule has 5 nitrogen and oxygen atoms in total. The van der Waals surface area contributed by atoms with Crippen molar-refractivity contribution in [2.45, 2.75) is 19.9 Å². The number of benzene rings is 2. The number of amides is 1. The van der Waals surface area contributed by atoms with Crippen LogP contribution in [0.15, 0.2) is 60.2 Å². The average Bonchev–Trinajstić information content (AvgIpc) is 3.18. The molecule has 0 unspecified atom stereocenters. The third kappa shape index (κ3) is 3.34. The van der Waals surface area contributed by atoms with Crippen molar-refractivity contribution < 1.29 is 14.7 Å². The van der Waals surface area contributed by atoms with Crippen molar-refractivity contribution in [2.24, 2.45) is 0 Å². The van der Waals surface area contributed by atoms with Gasteiger partial charge in [0.05, 0.1) is 17.3 Å². The van der Waals surface area contributed by atoms with Crippen molar-refractivity contribution in [1.29, 1.82) is 0 Å². The van der Waals surface area contributed by atoms with Crippen LogP contribution in [-0.4, -0.2) is 21.8 Å².